The maximum absolute atomic E-state index is 11.9. The van der Waals surface area contributed by atoms with Gasteiger partial charge in [0.2, 0.25) is 0 Å². The van der Waals surface area contributed by atoms with Crippen LogP contribution in [0.5, 0.6) is 0 Å². The zero-order chi connectivity index (χ0) is 39.1. The normalized spacial score (nSPS) is 13.7. The number of esters is 1. The molecule has 318 valence electrons. The van der Waals surface area contributed by atoms with Gasteiger partial charge in [0.15, 0.2) is 0 Å². The van der Waals surface area contributed by atoms with Crippen LogP contribution in [0.4, 0.5) is 0 Å². The van der Waals surface area contributed by atoms with Crippen LogP contribution in [-0.2, 0) is 23.1 Å². The SMILES string of the molecule is CCCCCCCCCCCCCCCCCCCCCCCCCCCCCCCCCCCC(=O)OCC(O)COP(=O)(O)OCC[N+](C)(C)C. The first-order valence-electron chi connectivity index (χ1n) is 22.8. The molecule has 2 atom stereocenters. The minimum Gasteiger partial charge on any atom is -0.463 e. The fourth-order valence-electron chi connectivity index (χ4n) is 6.78. The van der Waals surface area contributed by atoms with Crippen LogP contribution in [0, 0.1) is 0 Å². The molecule has 0 aromatic carbocycles. The van der Waals surface area contributed by atoms with E-state index in [0.29, 0.717) is 17.4 Å². The molecule has 0 fully saturated rings. The minimum atomic E-state index is -4.25. The van der Waals surface area contributed by atoms with E-state index in [9.17, 15) is 19.4 Å². The quantitative estimate of drug-likeness (QED) is 0.0275. The Bertz CT molecular complexity index is 822. The molecule has 0 spiro atoms. The van der Waals surface area contributed by atoms with Crippen molar-refractivity contribution >= 4 is 13.8 Å². The zero-order valence-electron chi connectivity index (χ0n) is 35.8. The van der Waals surface area contributed by atoms with Crippen molar-refractivity contribution in [1.29, 1.82) is 0 Å². The lowest BCUT2D eigenvalue weighted by Crippen LogP contribution is -2.37. The number of quaternary nitrogens is 1. The van der Waals surface area contributed by atoms with Gasteiger partial charge in [-0.15, -0.1) is 0 Å². The van der Waals surface area contributed by atoms with E-state index in [1.54, 1.807) is 0 Å². The summed E-state index contributed by atoms with van der Waals surface area (Å²) in [6.07, 6.45) is 44.6. The molecule has 53 heavy (non-hydrogen) atoms. The second-order valence-electron chi connectivity index (χ2n) is 17.0. The van der Waals surface area contributed by atoms with Gasteiger partial charge in [0.1, 0.15) is 25.9 Å². The van der Waals surface area contributed by atoms with Gasteiger partial charge < -0.3 is 19.2 Å². The van der Waals surface area contributed by atoms with Gasteiger partial charge in [-0.3, -0.25) is 13.8 Å². The second kappa shape index (κ2) is 38.4. The molecule has 0 saturated carbocycles. The van der Waals surface area contributed by atoms with Crippen LogP contribution >= 0.6 is 7.82 Å². The van der Waals surface area contributed by atoms with Gasteiger partial charge in [0, 0.05) is 6.42 Å². The molecule has 9 heteroatoms. The van der Waals surface area contributed by atoms with Crippen LogP contribution in [0.1, 0.15) is 225 Å². The highest BCUT2D eigenvalue weighted by atomic mass is 31.2. The Labute approximate surface area is 329 Å². The number of aliphatic hydroxyl groups excluding tert-OH is 1. The average Bonchev–Trinajstić information content (AvgIpc) is 3.11. The number of unbranched alkanes of at least 4 members (excludes halogenated alkanes) is 32. The number of likely N-dealkylation sites (N-methyl/N-ethyl adjacent to an activating group) is 1. The standard InChI is InChI=1S/C44H90NO7P/c1-5-6-7-8-9-10-11-12-13-14-15-16-17-18-19-20-21-22-23-24-25-26-27-28-29-30-31-32-33-34-35-36-37-38-44(47)50-41-43(46)42-52-53(48,49)51-40-39-45(2,3)4/h43,46H,5-42H2,1-4H3/p+1. The van der Waals surface area contributed by atoms with Crippen LogP contribution in [0.25, 0.3) is 0 Å². The number of phosphoric acid groups is 1. The molecule has 0 aromatic rings. The van der Waals surface area contributed by atoms with Crippen molar-refractivity contribution in [2.75, 3.05) is 47.5 Å². The summed E-state index contributed by atoms with van der Waals surface area (Å²) in [5.74, 6) is -0.365. The molecule has 0 rings (SSSR count). The van der Waals surface area contributed by atoms with E-state index in [-0.39, 0.29) is 19.2 Å². The number of hydrogen-bond acceptors (Lipinski definition) is 6. The molecule has 0 heterocycles. The van der Waals surface area contributed by atoms with E-state index in [4.69, 9.17) is 13.8 Å². The van der Waals surface area contributed by atoms with Crippen molar-refractivity contribution in [3.63, 3.8) is 0 Å². The summed E-state index contributed by atoms with van der Waals surface area (Å²) in [6.45, 7) is 2.18. The predicted octanol–water partition coefficient (Wildman–Crippen LogP) is 13.0. The third-order valence-electron chi connectivity index (χ3n) is 10.4. The molecule has 0 radical (unpaired) electrons. The van der Waals surface area contributed by atoms with Gasteiger partial charge in [-0.05, 0) is 6.42 Å². The molecule has 0 bridgehead atoms. The Morgan fingerprint density at radius 3 is 1.11 bits per heavy atom. The highest BCUT2D eigenvalue weighted by Crippen LogP contribution is 2.43. The summed E-state index contributed by atoms with van der Waals surface area (Å²) in [4.78, 5) is 21.6. The van der Waals surface area contributed by atoms with E-state index < -0.39 is 20.5 Å². The van der Waals surface area contributed by atoms with E-state index >= 15 is 0 Å². The topological polar surface area (TPSA) is 102 Å². The fraction of sp³-hybridized carbons (Fsp3) is 0.977. The van der Waals surface area contributed by atoms with E-state index in [2.05, 4.69) is 6.92 Å². The molecule has 2 N–H and O–H groups in total. The molecular weight excluding hydrogens is 685 g/mol. The Morgan fingerprint density at radius 2 is 0.811 bits per heavy atom. The summed E-state index contributed by atoms with van der Waals surface area (Å²) in [5, 5.41) is 9.92. The number of phosphoric ester groups is 1. The number of nitrogens with zero attached hydrogens (tertiary/aromatic N) is 1. The summed E-state index contributed by atoms with van der Waals surface area (Å²) < 4.78 is 27.3. The number of carbonyl (C=O) groups excluding carboxylic acids is 1. The lowest BCUT2D eigenvalue weighted by Gasteiger charge is -2.24. The molecule has 2 unspecified atom stereocenters. The summed E-state index contributed by atoms with van der Waals surface area (Å²) in [6, 6.07) is 0. The number of rotatable bonds is 43. The predicted molar refractivity (Wildman–Crippen MR) is 224 cm³/mol. The Hall–Kier alpha value is -0.500. The highest BCUT2D eigenvalue weighted by Gasteiger charge is 2.24. The molecule has 0 aliphatic heterocycles. The van der Waals surface area contributed by atoms with Crippen LogP contribution in [0.3, 0.4) is 0 Å². The monoisotopic (exact) mass is 777 g/mol. The van der Waals surface area contributed by atoms with Crippen molar-refractivity contribution in [2.24, 2.45) is 0 Å². The molecule has 0 aromatic heterocycles. The summed E-state index contributed by atoms with van der Waals surface area (Å²) in [5.41, 5.74) is 0. The first-order chi connectivity index (χ1) is 25.6. The smallest absolute Gasteiger partial charge is 0.463 e. The second-order valence-corrected chi connectivity index (χ2v) is 18.5. The minimum absolute atomic E-state index is 0.0576. The lowest BCUT2D eigenvalue weighted by atomic mass is 10.0. The van der Waals surface area contributed by atoms with Crippen molar-refractivity contribution in [3.05, 3.63) is 0 Å². The van der Waals surface area contributed by atoms with Crippen LogP contribution in [0.15, 0.2) is 0 Å². The molecule has 0 aliphatic rings. The van der Waals surface area contributed by atoms with Gasteiger partial charge in [0.05, 0.1) is 27.7 Å². The molecule has 8 nitrogen and oxygen atoms in total. The molecule has 0 aliphatic carbocycles. The first-order valence-corrected chi connectivity index (χ1v) is 24.3. The molecule has 0 amide bonds. The maximum Gasteiger partial charge on any atom is 0.472 e. The van der Waals surface area contributed by atoms with E-state index in [1.807, 2.05) is 21.1 Å². The Balaban J connectivity index is 3.29. The Morgan fingerprint density at radius 1 is 0.509 bits per heavy atom. The maximum atomic E-state index is 11.9. The third kappa shape index (κ3) is 44.1. The Kier molecular flexibility index (Phi) is 38.0. The van der Waals surface area contributed by atoms with E-state index in [0.717, 1.165) is 19.3 Å². The number of carbonyl (C=O) groups is 1. The average molecular weight is 777 g/mol. The van der Waals surface area contributed by atoms with E-state index in [1.165, 1.54) is 193 Å². The van der Waals surface area contributed by atoms with Crippen molar-refractivity contribution in [1.82, 2.24) is 0 Å². The lowest BCUT2D eigenvalue weighted by molar-refractivity contribution is -0.870. The van der Waals surface area contributed by atoms with Gasteiger partial charge in [0.25, 0.3) is 0 Å². The van der Waals surface area contributed by atoms with Gasteiger partial charge in [-0.25, -0.2) is 4.57 Å². The van der Waals surface area contributed by atoms with Gasteiger partial charge >= 0.3 is 13.8 Å². The number of ether oxygens (including phenoxy) is 1. The third-order valence-corrected chi connectivity index (χ3v) is 11.4. The van der Waals surface area contributed by atoms with Crippen molar-refractivity contribution in [3.8, 4) is 0 Å². The highest BCUT2D eigenvalue weighted by molar-refractivity contribution is 7.47. The van der Waals surface area contributed by atoms with Crippen LogP contribution in [-0.4, -0.2) is 74.1 Å². The van der Waals surface area contributed by atoms with Crippen molar-refractivity contribution < 1.29 is 37.6 Å². The van der Waals surface area contributed by atoms with Gasteiger partial charge in [-0.1, -0.05) is 212 Å². The summed E-state index contributed by atoms with van der Waals surface area (Å²) in [7, 11) is 1.58. The molecular formula is C44H91NO7P+. The number of hydrogen-bond donors (Lipinski definition) is 2. The van der Waals surface area contributed by atoms with Gasteiger partial charge in [-0.2, -0.15) is 0 Å². The van der Waals surface area contributed by atoms with Crippen molar-refractivity contribution in [2.45, 2.75) is 231 Å². The molecule has 0 saturated heterocycles. The number of aliphatic hydroxyl groups is 1. The fourth-order valence-corrected chi connectivity index (χ4v) is 7.53. The zero-order valence-corrected chi connectivity index (χ0v) is 36.7. The first kappa shape index (κ1) is 52.5. The largest absolute Gasteiger partial charge is 0.472 e. The summed E-state index contributed by atoms with van der Waals surface area (Å²) >= 11 is 0. The van der Waals surface area contributed by atoms with Crippen LogP contribution in [0.2, 0.25) is 0 Å². The van der Waals surface area contributed by atoms with Crippen LogP contribution < -0.4 is 0 Å².